The van der Waals surface area contributed by atoms with Crippen LogP contribution < -0.4 is 5.73 Å². The van der Waals surface area contributed by atoms with Crippen molar-refractivity contribution in [3.63, 3.8) is 0 Å². The second-order valence-corrected chi connectivity index (χ2v) is 5.88. The molecule has 0 amide bonds. The molecule has 3 N–H and O–H groups in total. The lowest BCUT2D eigenvalue weighted by molar-refractivity contribution is -0.0328. The van der Waals surface area contributed by atoms with Gasteiger partial charge in [0.15, 0.2) is 0 Å². The van der Waals surface area contributed by atoms with Crippen molar-refractivity contribution in [2.75, 3.05) is 13.2 Å². The summed E-state index contributed by atoms with van der Waals surface area (Å²) in [7, 11) is 0. The number of nitrogens with two attached hydrogens (primary N) is 1. The van der Waals surface area contributed by atoms with Gasteiger partial charge in [-0.15, -0.1) is 12.4 Å². The van der Waals surface area contributed by atoms with Crippen LogP contribution in [0.5, 0.6) is 5.75 Å². The number of rotatable bonds is 3. The van der Waals surface area contributed by atoms with Gasteiger partial charge in [0.25, 0.3) is 0 Å². The van der Waals surface area contributed by atoms with Gasteiger partial charge < -0.3 is 15.6 Å². The molecular weight excluding hydrogens is 327 g/mol. The summed E-state index contributed by atoms with van der Waals surface area (Å²) in [6.07, 6.45) is 1.49. The normalized spacial score (nSPS) is 18.1. The Hall–Kier alpha value is -0.630. The first-order chi connectivity index (χ1) is 9.37. The highest BCUT2D eigenvalue weighted by molar-refractivity contribution is 8.00. The highest BCUT2D eigenvalue weighted by Crippen LogP contribution is 2.40. The summed E-state index contributed by atoms with van der Waals surface area (Å²) < 4.78 is 42.4. The lowest BCUT2D eigenvalue weighted by Crippen LogP contribution is -2.27. The van der Waals surface area contributed by atoms with Crippen LogP contribution in [0.4, 0.5) is 13.2 Å². The van der Waals surface area contributed by atoms with Gasteiger partial charge in [0, 0.05) is 29.7 Å². The van der Waals surface area contributed by atoms with Crippen molar-refractivity contribution in [3.8, 4) is 5.75 Å². The van der Waals surface area contributed by atoms with E-state index in [1.807, 2.05) is 0 Å². The smallest absolute Gasteiger partial charge is 0.446 e. The van der Waals surface area contributed by atoms with Crippen LogP contribution in [0.25, 0.3) is 0 Å². The van der Waals surface area contributed by atoms with E-state index in [9.17, 15) is 18.3 Å². The van der Waals surface area contributed by atoms with Crippen LogP contribution >= 0.6 is 24.2 Å². The fourth-order valence-corrected chi connectivity index (χ4v) is 2.91. The second kappa shape index (κ2) is 7.58. The second-order valence-electron chi connectivity index (χ2n) is 4.74. The molecule has 0 aliphatic carbocycles. The van der Waals surface area contributed by atoms with Crippen molar-refractivity contribution in [1.82, 2.24) is 0 Å². The van der Waals surface area contributed by atoms with Crippen molar-refractivity contribution >= 4 is 24.2 Å². The third-order valence-electron chi connectivity index (χ3n) is 3.37. The van der Waals surface area contributed by atoms with E-state index in [1.165, 1.54) is 18.2 Å². The van der Waals surface area contributed by atoms with Gasteiger partial charge in [-0.25, -0.2) is 0 Å². The molecule has 3 nitrogen and oxygen atoms in total. The molecule has 1 aromatic carbocycles. The van der Waals surface area contributed by atoms with E-state index in [1.54, 1.807) is 0 Å². The minimum absolute atomic E-state index is 0. The fraction of sp³-hybridized carbons (Fsp3) is 0.538. The Bertz CT molecular complexity index is 467. The van der Waals surface area contributed by atoms with Crippen LogP contribution in [0.2, 0.25) is 0 Å². The Morgan fingerprint density at radius 3 is 2.48 bits per heavy atom. The molecule has 0 saturated carbocycles. The molecule has 1 atom stereocenters. The highest BCUT2D eigenvalue weighted by Gasteiger charge is 2.30. The van der Waals surface area contributed by atoms with Crippen LogP contribution in [-0.4, -0.2) is 23.8 Å². The van der Waals surface area contributed by atoms with Crippen molar-refractivity contribution in [1.29, 1.82) is 0 Å². The number of phenolic OH excluding ortho intramolecular Hbond substituents is 1. The first kappa shape index (κ1) is 18.4. The van der Waals surface area contributed by atoms with Crippen molar-refractivity contribution in [2.24, 2.45) is 11.7 Å². The predicted octanol–water partition coefficient (Wildman–Crippen LogP) is 3.85. The van der Waals surface area contributed by atoms with Gasteiger partial charge in [-0.1, -0.05) is 0 Å². The first-order valence-electron chi connectivity index (χ1n) is 6.29. The molecule has 120 valence electrons. The number of hydrogen-bond donors (Lipinski definition) is 2. The zero-order valence-electron chi connectivity index (χ0n) is 11.1. The summed E-state index contributed by atoms with van der Waals surface area (Å²) in [5.74, 6) is 0.0521. The van der Waals surface area contributed by atoms with Crippen molar-refractivity contribution in [2.45, 2.75) is 29.3 Å². The van der Waals surface area contributed by atoms with E-state index in [2.05, 4.69) is 0 Å². The molecule has 1 aliphatic heterocycles. The molecule has 0 aromatic heterocycles. The lowest BCUT2D eigenvalue weighted by atomic mass is 9.87. The van der Waals surface area contributed by atoms with Gasteiger partial charge in [0.2, 0.25) is 0 Å². The van der Waals surface area contributed by atoms with E-state index in [0.29, 0.717) is 18.8 Å². The number of alkyl halides is 3. The third kappa shape index (κ3) is 5.25. The topological polar surface area (TPSA) is 55.5 Å². The molecule has 1 aliphatic rings. The van der Waals surface area contributed by atoms with Crippen LogP contribution in [0.3, 0.4) is 0 Å². The van der Waals surface area contributed by atoms with Crippen LogP contribution in [0.15, 0.2) is 23.1 Å². The number of hydrogen-bond acceptors (Lipinski definition) is 4. The Morgan fingerprint density at radius 1 is 1.29 bits per heavy atom. The Balaban J connectivity index is 0.00000220. The molecule has 0 unspecified atom stereocenters. The molecule has 0 spiro atoms. The van der Waals surface area contributed by atoms with E-state index < -0.39 is 11.6 Å². The summed E-state index contributed by atoms with van der Waals surface area (Å²) in [5.41, 5.74) is 2.11. The van der Waals surface area contributed by atoms with Crippen LogP contribution in [0.1, 0.15) is 24.4 Å². The molecular formula is C13H17ClF3NO2S. The minimum atomic E-state index is -4.35. The van der Waals surface area contributed by atoms with E-state index in [0.717, 1.165) is 12.8 Å². The summed E-state index contributed by atoms with van der Waals surface area (Å²) in [6, 6.07) is 3.36. The maximum absolute atomic E-state index is 12.4. The molecule has 0 radical (unpaired) electrons. The summed E-state index contributed by atoms with van der Waals surface area (Å²) in [6.45, 7) is 1.19. The van der Waals surface area contributed by atoms with E-state index in [-0.39, 0.29) is 40.7 Å². The number of benzene rings is 1. The molecule has 0 bridgehead atoms. The molecule has 2 rings (SSSR count). The maximum Gasteiger partial charge on any atom is 0.446 e. The Morgan fingerprint density at radius 2 is 1.90 bits per heavy atom. The van der Waals surface area contributed by atoms with E-state index >= 15 is 0 Å². The van der Waals surface area contributed by atoms with Crippen LogP contribution in [-0.2, 0) is 4.74 Å². The van der Waals surface area contributed by atoms with Gasteiger partial charge in [0.1, 0.15) is 5.75 Å². The number of thioether (sulfide) groups is 1. The number of aromatic hydroxyl groups is 1. The molecule has 1 aromatic rings. The third-order valence-corrected chi connectivity index (χ3v) is 4.09. The van der Waals surface area contributed by atoms with Crippen molar-refractivity contribution < 1.29 is 23.0 Å². The molecule has 21 heavy (non-hydrogen) atoms. The van der Waals surface area contributed by atoms with Gasteiger partial charge in [-0.3, -0.25) is 0 Å². The summed E-state index contributed by atoms with van der Waals surface area (Å²) in [4.78, 5) is 0.0350. The predicted molar refractivity (Wildman–Crippen MR) is 77.7 cm³/mol. The lowest BCUT2D eigenvalue weighted by Gasteiger charge is -2.28. The zero-order chi connectivity index (χ0) is 14.8. The van der Waals surface area contributed by atoms with Gasteiger partial charge in [-0.05, 0) is 48.7 Å². The molecule has 1 heterocycles. The van der Waals surface area contributed by atoms with Gasteiger partial charge in [-0.2, -0.15) is 13.2 Å². The summed E-state index contributed by atoms with van der Waals surface area (Å²) in [5, 5.41) is 9.83. The first-order valence-corrected chi connectivity index (χ1v) is 7.10. The average Bonchev–Trinajstić information content (AvgIpc) is 2.40. The summed E-state index contributed by atoms with van der Waals surface area (Å²) >= 11 is -0.204. The Labute approximate surface area is 131 Å². The Kier molecular flexibility index (Phi) is 6.65. The highest BCUT2D eigenvalue weighted by atomic mass is 35.5. The van der Waals surface area contributed by atoms with Crippen LogP contribution in [0, 0.1) is 5.92 Å². The monoisotopic (exact) mass is 343 g/mol. The zero-order valence-corrected chi connectivity index (χ0v) is 12.7. The number of phenols is 1. The SMILES string of the molecule is Cl.N[C@@H](c1cc(SC(F)(F)F)ccc1O)C1CCOCC1. The largest absolute Gasteiger partial charge is 0.508 e. The quantitative estimate of drug-likeness (QED) is 0.818. The van der Waals surface area contributed by atoms with Gasteiger partial charge in [0.05, 0.1) is 0 Å². The number of ether oxygens (including phenoxy) is 1. The average molecular weight is 344 g/mol. The molecule has 1 fully saturated rings. The number of halogens is 4. The van der Waals surface area contributed by atoms with Crippen molar-refractivity contribution in [3.05, 3.63) is 23.8 Å². The molecule has 1 saturated heterocycles. The minimum Gasteiger partial charge on any atom is -0.508 e. The van der Waals surface area contributed by atoms with Gasteiger partial charge >= 0.3 is 5.51 Å². The maximum atomic E-state index is 12.4. The fourth-order valence-electron chi connectivity index (χ4n) is 2.33. The molecule has 8 heteroatoms. The standard InChI is InChI=1S/C13H16F3NO2S.ClH/c14-13(15,16)20-9-1-2-11(18)10(7-9)12(17)8-3-5-19-6-4-8;/h1-2,7-8,12,18H,3-6,17H2;1H/t12-;/m1./s1. The van der Waals surface area contributed by atoms with E-state index in [4.69, 9.17) is 10.5 Å².